The number of aryl methyl sites for hydroxylation is 1. The zero-order valence-electron chi connectivity index (χ0n) is 11.6. The van der Waals surface area contributed by atoms with Crippen molar-refractivity contribution in [3.05, 3.63) is 29.8 Å². The van der Waals surface area contributed by atoms with Crippen LogP contribution >= 0.6 is 11.8 Å². The summed E-state index contributed by atoms with van der Waals surface area (Å²) >= 11 is 1.88. The van der Waals surface area contributed by atoms with E-state index in [1.54, 1.807) is 0 Å². The van der Waals surface area contributed by atoms with E-state index in [1.807, 2.05) is 11.8 Å². The van der Waals surface area contributed by atoms with Gasteiger partial charge >= 0.3 is 0 Å². The Morgan fingerprint density at radius 1 is 1.42 bits per heavy atom. The molecule has 106 valence electrons. The average Bonchev–Trinajstić information content (AvgIpc) is 2.44. The van der Waals surface area contributed by atoms with E-state index in [9.17, 15) is 0 Å². The summed E-state index contributed by atoms with van der Waals surface area (Å²) in [5.74, 6) is 7.47. The van der Waals surface area contributed by atoms with Gasteiger partial charge in [0.15, 0.2) is 0 Å². The highest BCUT2D eigenvalue weighted by atomic mass is 32.2. The highest BCUT2D eigenvalue weighted by Crippen LogP contribution is 2.24. The van der Waals surface area contributed by atoms with Crippen LogP contribution in [0, 0.1) is 12.8 Å². The van der Waals surface area contributed by atoms with E-state index in [1.165, 1.54) is 23.3 Å². The summed E-state index contributed by atoms with van der Waals surface area (Å²) in [7, 11) is 0. The van der Waals surface area contributed by atoms with Crippen molar-refractivity contribution in [2.24, 2.45) is 11.8 Å². The molecular formula is C15H24N2OS. The first-order valence-corrected chi connectivity index (χ1v) is 8.00. The van der Waals surface area contributed by atoms with Crippen LogP contribution in [0.2, 0.25) is 0 Å². The molecule has 1 aromatic carbocycles. The molecule has 1 aromatic rings. The fourth-order valence-electron chi connectivity index (χ4n) is 2.47. The van der Waals surface area contributed by atoms with Gasteiger partial charge in [0.25, 0.3) is 0 Å². The minimum Gasteiger partial charge on any atom is -0.381 e. The van der Waals surface area contributed by atoms with Gasteiger partial charge in [0.05, 0.1) is 0 Å². The van der Waals surface area contributed by atoms with Crippen LogP contribution in [0.5, 0.6) is 0 Å². The van der Waals surface area contributed by atoms with Crippen LogP contribution in [0.15, 0.2) is 29.2 Å². The van der Waals surface area contributed by atoms with Gasteiger partial charge in [-0.3, -0.25) is 11.3 Å². The molecule has 1 aliphatic rings. The first kappa shape index (κ1) is 14.9. The van der Waals surface area contributed by atoms with Crippen molar-refractivity contribution >= 4 is 11.8 Å². The summed E-state index contributed by atoms with van der Waals surface area (Å²) in [5.41, 5.74) is 4.28. The molecule has 0 amide bonds. The highest BCUT2D eigenvalue weighted by molar-refractivity contribution is 7.99. The molecule has 0 saturated carbocycles. The lowest BCUT2D eigenvalue weighted by molar-refractivity contribution is 0.0613. The van der Waals surface area contributed by atoms with Crippen LogP contribution in [-0.2, 0) is 4.74 Å². The Kier molecular flexibility index (Phi) is 6.17. The maximum Gasteiger partial charge on any atom is 0.0468 e. The third-order valence-electron chi connectivity index (χ3n) is 3.64. The molecule has 0 aromatic heterocycles. The van der Waals surface area contributed by atoms with Gasteiger partial charge in [0.1, 0.15) is 0 Å². The molecule has 3 N–H and O–H groups in total. The summed E-state index contributed by atoms with van der Waals surface area (Å²) in [5, 5.41) is 0. The lowest BCUT2D eigenvalue weighted by Gasteiger charge is -2.26. The number of nitrogens with one attached hydrogen (secondary N) is 1. The minimum atomic E-state index is 0.383. The van der Waals surface area contributed by atoms with Gasteiger partial charge in [0.2, 0.25) is 0 Å². The Hall–Kier alpha value is -0.550. The molecule has 3 nitrogen and oxygen atoms in total. The number of ether oxygens (including phenoxy) is 1. The van der Waals surface area contributed by atoms with E-state index in [4.69, 9.17) is 10.6 Å². The van der Waals surface area contributed by atoms with Crippen LogP contribution in [0.1, 0.15) is 24.8 Å². The van der Waals surface area contributed by atoms with E-state index in [0.29, 0.717) is 6.04 Å². The lowest BCUT2D eigenvalue weighted by atomic mass is 9.93. The van der Waals surface area contributed by atoms with Gasteiger partial charge in [0, 0.05) is 29.9 Å². The lowest BCUT2D eigenvalue weighted by Crippen LogP contribution is -2.39. The van der Waals surface area contributed by atoms with Crippen LogP contribution in [0.4, 0.5) is 0 Å². The van der Waals surface area contributed by atoms with Crippen molar-refractivity contribution < 1.29 is 4.74 Å². The maximum absolute atomic E-state index is 5.69. The predicted molar refractivity (Wildman–Crippen MR) is 81.2 cm³/mol. The van der Waals surface area contributed by atoms with E-state index in [2.05, 4.69) is 36.6 Å². The molecule has 19 heavy (non-hydrogen) atoms. The van der Waals surface area contributed by atoms with Gasteiger partial charge < -0.3 is 4.74 Å². The summed E-state index contributed by atoms with van der Waals surface area (Å²) in [6.45, 7) is 3.95. The Balaban J connectivity index is 1.78. The van der Waals surface area contributed by atoms with Gasteiger partial charge in [-0.15, -0.1) is 11.8 Å². The van der Waals surface area contributed by atoms with Crippen molar-refractivity contribution in [1.29, 1.82) is 0 Å². The molecule has 0 spiro atoms. The number of rotatable bonds is 6. The third-order valence-corrected chi connectivity index (χ3v) is 4.79. The highest BCUT2D eigenvalue weighted by Gasteiger charge is 2.18. The van der Waals surface area contributed by atoms with E-state index < -0.39 is 0 Å². The largest absolute Gasteiger partial charge is 0.381 e. The molecule has 1 atom stereocenters. The Labute approximate surface area is 120 Å². The Morgan fingerprint density at radius 2 is 2.21 bits per heavy atom. The van der Waals surface area contributed by atoms with Crippen molar-refractivity contribution in [1.82, 2.24) is 5.43 Å². The standard InChI is InChI=1S/C15H24N2OS/c1-12-3-2-4-15(9-12)19-11-14(17-16)10-13-5-7-18-8-6-13/h2-4,9,13-14,17H,5-8,10-11,16H2,1H3. The molecule has 0 bridgehead atoms. The zero-order chi connectivity index (χ0) is 13.5. The molecule has 1 unspecified atom stereocenters. The van der Waals surface area contributed by atoms with Crippen molar-refractivity contribution in [3.8, 4) is 0 Å². The monoisotopic (exact) mass is 280 g/mol. The quantitative estimate of drug-likeness (QED) is 0.478. The first-order valence-electron chi connectivity index (χ1n) is 7.01. The molecule has 2 rings (SSSR count). The van der Waals surface area contributed by atoms with E-state index >= 15 is 0 Å². The van der Waals surface area contributed by atoms with Crippen molar-refractivity contribution in [3.63, 3.8) is 0 Å². The second kappa shape index (κ2) is 7.90. The number of benzene rings is 1. The van der Waals surface area contributed by atoms with E-state index in [-0.39, 0.29) is 0 Å². The van der Waals surface area contributed by atoms with E-state index in [0.717, 1.165) is 31.3 Å². The van der Waals surface area contributed by atoms with Gasteiger partial charge in [-0.25, -0.2) is 0 Å². The van der Waals surface area contributed by atoms with Gasteiger partial charge in [-0.2, -0.15) is 0 Å². The smallest absolute Gasteiger partial charge is 0.0468 e. The molecule has 0 aliphatic carbocycles. The Bertz CT molecular complexity index is 380. The SMILES string of the molecule is Cc1cccc(SCC(CC2CCOCC2)NN)c1. The Morgan fingerprint density at radius 3 is 2.89 bits per heavy atom. The molecule has 4 heteroatoms. The number of hydrogen-bond acceptors (Lipinski definition) is 4. The fourth-order valence-corrected chi connectivity index (χ4v) is 3.54. The number of hydrazine groups is 1. The number of nitrogens with two attached hydrogens (primary N) is 1. The topological polar surface area (TPSA) is 47.3 Å². The average molecular weight is 280 g/mol. The number of hydrogen-bond donors (Lipinski definition) is 2. The summed E-state index contributed by atoms with van der Waals surface area (Å²) in [6.07, 6.45) is 3.50. The molecule has 1 fully saturated rings. The normalized spacial score (nSPS) is 18.4. The summed E-state index contributed by atoms with van der Waals surface area (Å²) in [4.78, 5) is 1.33. The fraction of sp³-hybridized carbons (Fsp3) is 0.600. The predicted octanol–water partition coefficient (Wildman–Crippen LogP) is 2.74. The summed E-state index contributed by atoms with van der Waals surface area (Å²) < 4.78 is 5.40. The van der Waals surface area contributed by atoms with Crippen molar-refractivity contribution in [2.45, 2.75) is 37.1 Å². The van der Waals surface area contributed by atoms with Crippen molar-refractivity contribution in [2.75, 3.05) is 19.0 Å². The van der Waals surface area contributed by atoms with Gasteiger partial charge in [-0.1, -0.05) is 17.7 Å². The third kappa shape index (κ3) is 5.15. The van der Waals surface area contributed by atoms with Crippen LogP contribution in [0.25, 0.3) is 0 Å². The maximum atomic E-state index is 5.69. The minimum absolute atomic E-state index is 0.383. The molecule has 0 radical (unpaired) electrons. The summed E-state index contributed by atoms with van der Waals surface area (Å²) in [6, 6.07) is 9.02. The number of thioether (sulfide) groups is 1. The van der Waals surface area contributed by atoms with Crippen LogP contribution < -0.4 is 11.3 Å². The molecule has 1 heterocycles. The van der Waals surface area contributed by atoms with Crippen LogP contribution in [-0.4, -0.2) is 25.0 Å². The first-order chi connectivity index (χ1) is 9.28. The zero-order valence-corrected chi connectivity index (χ0v) is 12.4. The second-order valence-corrected chi connectivity index (χ2v) is 6.38. The molecular weight excluding hydrogens is 256 g/mol. The molecule has 1 aliphatic heterocycles. The molecule has 1 saturated heterocycles. The second-order valence-electron chi connectivity index (χ2n) is 5.28. The van der Waals surface area contributed by atoms with Gasteiger partial charge in [-0.05, 0) is 44.2 Å². The van der Waals surface area contributed by atoms with Crippen LogP contribution in [0.3, 0.4) is 0 Å².